The van der Waals surface area contributed by atoms with E-state index in [0.717, 1.165) is 11.1 Å². The highest BCUT2D eigenvalue weighted by Crippen LogP contribution is 2.33. The number of carboxylic acids is 1. The molecule has 1 aliphatic rings. The van der Waals surface area contributed by atoms with Gasteiger partial charge in [0.1, 0.15) is 0 Å². The molecule has 156 valence electrons. The van der Waals surface area contributed by atoms with Gasteiger partial charge in [0.05, 0.1) is 10.8 Å². The van der Waals surface area contributed by atoms with Crippen molar-refractivity contribution in [1.29, 1.82) is 0 Å². The Bertz CT molecular complexity index is 919. The average Bonchev–Trinajstić information content (AvgIpc) is 2.69. The second-order valence-electron chi connectivity index (χ2n) is 7.90. The number of sulfonamides is 1. The van der Waals surface area contributed by atoms with Crippen LogP contribution in [-0.2, 0) is 21.4 Å². The minimum Gasteiger partial charge on any atom is -0.481 e. The van der Waals surface area contributed by atoms with Crippen LogP contribution in [0, 0.1) is 12.8 Å². The van der Waals surface area contributed by atoms with Crippen LogP contribution in [0.1, 0.15) is 36.8 Å². The lowest BCUT2D eigenvalue weighted by Gasteiger charge is -2.40. The molecule has 0 bridgehead atoms. The quantitative estimate of drug-likeness (QED) is 0.615. The summed E-state index contributed by atoms with van der Waals surface area (Å²) in [4.78, 5) is 11.6. The molecule has 0 aromatic heterocycles. The maximum Gasteiger partial charge on any atom is 0.306 e. The van der Waals surface area contributed by atoms with Crippen molar-refractivity contribution in [3.63, 3.8) is 0 Å². The molecule has 1 aliphatic carbocycles. The lowest BCUT2D eigenvalue weighted by molar-refractivity contribution is -0.143. The molecule has 1 fully saturated rings. The zero-order chi connectivity index (χ0) is 20.9. The van der Waals surface area contributed by atoms with Crippen LogP contribution < -0.4 is 10.0 Å². The lowest BCUT2D eigenvalue weighted by Crippen LogP contribution is -2.56. The van der Waals surface area contributed by atoms with Gasteiger partial charge >= 0.3 is 5.97 Å². The Hall–Kier alpha value is -2.22. The fourth-order valence-corrected chi connectivity index (χ4v) is 5.29. The normalized spacial score (nSPS) is 22.3. The number of benzene rings is 2. The fourth-order valence-electron chi connectivity index (χ4n) is 3.84. The van der Waals surface area contributed by atoms with Crippen LogP contribution in [0.25, 0.3) is 0 Å². The second kappa shape index (κ2) is 9.07. The topological polar surface area (TPSA) is 95.5 Å². The maximum absolute atomic E-state index is 13.0. The van der Waals surface area contributed by atoms with E-state index >= 15 is 0 Å². The molecule has 3 rings (SSSR count). The summed E-state index contributed by atoms with van der Waals surface area (Å²) in [7, 11) is -3.71. The van der Waals surface area contributed by atoms with Crippen molar-refractivity contribution in [3.8, 4) is 0 Å². The third kappa shape index (κ3) is 5.65. The van der Waals surface area contributed by atoms with Crippen molar-refractivity contribution in [3.05, 3.63) is 65.7 Å². The molecule has 3 N–H and O–H groups in total. The van der Waals surface area contributed by atoms with Gasteiger partial charge in [0.25, 0.3) is 0 Å². The Balaban J connectivity index is 1.75. The third-order valence-corrected chi connectivity index (χ3v) is 7.20. The van der Waals surface area contributed by atoms with Crippen molar-refractivity contribution < 1.29 is 18.3 Å². The number of hydrogen-bond acceptors (Lipinski definition) is 4. The lowest BCUT2D eigenvalue weighted by atomic mass is 9.77. The molecule has 0 amide bonds. The number of aliphatic carboxylic acids is 1. The molecule has 0 unspecified atom stereocenters. The van der Waals surface area contributed by atoms with Crippen LogP contribution >= 0.6 is 0 Å². The van der Waals surface area contributed by atoms with Gasteiger partial charge < -0.3 is 10.4 Å². The van der Waals surface area contributed by atoms with Crippen LogP contribution in [-0.4, -0.2) is 31.6 Å². The van der Waals surface area contributed by atoms with Crippen molar-refractivity contribution in [1.82, 2.24) is 10.0 Å². The first kappa shape index (κ1) is 21.5. The number of hydrogen-bond donors (Lipinski definition) is 3. The van der Waals surface area contributed by atoms with Crippen LogP contribution in [0.2, 0.25) is 0 Å². The molecular formula is C22H28N2O4S. The molecule has 0 atom stereocenters. The second-order valence-corrected chi connectivity index (χ2v) is 9.58. The van der Waals surface area contributed by atoms with Crippen molar-refractivity contribution in [2.75, 3.05) is 6.54 Å². The summed E-state index contributed by atoms with van der Waals surface area (Å²) < 4.78 is 28.9. The fraction of sp³-hybridized carbons (Fsp3) is 0.409. The maximum atomic E-state index is 13.0. The van der Waals surface area contributed by atoms with Gasteiger partial charge in [-0.1, -0.05) is 48.0 Å². The summed E-state index contributed by atoms with van der Waals surface area (Å²) >= 11 is 0. The molecular weight excluding hydrogens is 388 g/mol. The van der Waals surface area contributed by atoms with E-state index in [1.165, 1.54) is 0 Å². The summed E-state index contributed by atoms with van der Waals surface area (Å²) in [5.74, 6) is -1.22. The molecule has 2 aromatic carbocycles. The summed E-state index contributed by atoms with van der Waals surface area (Å²) in [6, 6.07) is 16.7. The van der Waals surface area contributed by atoms with Gasteiger partial charge in [-0.05, 0) is 50.3 Å². The third-order valence-electron chi connectivity index (χ3n) is 5.61. The van der Waals surface area contributed by atoms with E-state index in [-0.39, 0.29) is 4.90 Å². The van der Waals surface area contributed by atoms with E-state index in [9.17, 15) is 18.3 Å². The van der Waals surface area contributed by atoms with Gasteiger partial charge in [0.2, 0.25) is 10.0 Å². The standard InChI is InChI=1S/C22H28N2O4S/c1-17-7-9-20(10-8-17)29(27,28)24-22(13-11-19(12-14-22)21(25)26)16-23-15-18-5-3-2-4-6-18/h2-10,19,23-24H,11-16H2,1H3,(H,25,26). The summed E-state index contributed by atoms with van der Waals surface area (Å²) in [6.45, 7) is 2.97. The first-order valence-electron chi connectivity index (χ1n) is 9.88. The SMILES string of the molecule is Cc1ccc(S(=O)(=O)NC2(CNCc3ccccc3)CCC(C(=O)O)CC2)cc1. The van der Waals surface area contributed by atoms with Crippen molar-refractivity contribution in [2.24, 2.45) is 5.92 Å². The predicted octanol–water partition coefficient (Wildman–Crippen LogP) is 3.08. The van der Waals surface area contributed by atoms with Crippen LogP contribution in [0.4, 0.5) is 0 Å². The molecule has 6 nitrogen and oxygen atoms in total. The molecule has 0 heterocycles. The van der Waals surface area contributed by atoms with Gasteiger partial charge in [-0.25, -0.2) is 13.1 Å². The smallest absolute Gasteiger partial charge is 0.306 e. The van der Waals surface area contributed by atoms with Crippen molar-refractivity contribution >= 4 is 16.0 Å². The minimum absolute atomic E-state index is 0.228. The molecule has 2 aromatic rings. The highest BCUT2D eigenvalue weighted by atomic mass is 32.2. The van der Waals surface area contributed by atoms with Gasteiger partial charge in [-0.2, -0.15) is 0 Å². The summed E-state index contributed by atoms with van der Waals surface area (Å²) in [6.07, 6.45) is 1.88. The Morgan fingerprint density at radius 1 is 1.07 bits per heavy atom. The van der Waals surface area contributed by atoms with E-state index in [2.05, 4.69) is 10.0 Å². The number of carbonyl (C=O) groups is 1. The zero-order valence-electron chi connectivity index (χ0n) is 16.6. The molecule has 0 spiro atoms. The summed E-state index contributed by atoms with van der Waals surface area (Å²) in [5, 5.41) is 12.7. The van der Waals surface area contributed by atoms with E-state index in [4.69, 9.17) is 0 Å². The van der Waals surface area contributed by atoms with Gasteiger partial charge in [-0.15, -0.1) is 0 Å². The first-order valence-corrected chi connectivity index (χ1v) is 11.4. The van der Waals surface area contributed by atoms with Crippen molar-refractivity contribution in [2.45, 2.75) is 49.6 Å². The predicted molar refractivity (Wildman–Crippen MR) is 112 cm³/mol. The van der Waals surface area contributed by atoms with E-state index in [0.29, 0.717) is 38.8 Å². The highest BCUT2D eigenvalue weighted by molar-refractivity contribution is 7.89. The minimum atomic E-state index is -3.71. The number of rotatable bonds is 8. The Morgan fingerprint density at radius 2 is 1.69 bits per heavy atom. The van der Waals surface area contributed by atoms with E-state index in [1.807, 2.05) is 37.3 Å². The molecule has 0 saturated heterocycles. The molecule has 29 heavy (non-hydrogen) atoms. The van der Waals surface area contributed by atoms with E-state index in [1.54, 1.807) is 24.3 Å². The zero-order valence-corrected chi connectivity index (χ0v) is 17.4. The molecule has 1 saturated carbocycles. The van der Waals surface area contributed by atoms with Crippen LogP contribution in [0.5, 0.6) is 0 Å². The summed E-state index contributed by atoms with van der Waals surface area (Å²) in [5.41, 5.74) is 1.40. The Labute approximate surface area is 172 Å². The molecule has 7 heteroatoms. The monoisotopic (exact) mass is 416 g/mol. The molecule has 0 aliphatic heterocycles. The highest BCUT2D eigenvalue weighted by Gasteiger charge is 2.40. The van der Waals surface area contributed by atoms with Gasteiger partial charge in [0, 0.05) is 18.6 Å². The Morgan fingerprint density at radius 3 is 2.28 bits per heavy atom. The van der Waals surface area contributed by atoms with E-state index < -0.39 is 27.4 Å². The molecule has 0 radical (unpaired) electrons. The Kier molecular flexibility index (Phi) is 6.72. The van der Waals surface area contributed by atoms with Crippen LogP contribution in [0.15, 0.2) is 59.5 Å². The number of nitrogens with one attached hydrogen (secondary N) is 2. The van der Waals surface area contributed by atoms with Gasteiger partial charge in [0.15, 0.2) is 0 Å². The van der Waals surface area contributed by atoms with Crippen LogP contribution in [0.3, 0.4) is 0 Å². The number of aryl methyl sites for hydroxylation is 1. The number of carboxylic acid groups (broad SMARTS) is 1. The average molecular weight is 417 g/mol. The van der Waals surface area contributed by atoms with Gasteiger partial charge in [-0.3, -0.25) is 4.79 Å². The first-order chi connectivity index (χ1) is 13.8. The largest absolute Gasteiger partial charge is 0.481 e.